The van der Waals surface area contributed by atoms with Crippen LogP contribution in [0, 0.1) is 0 Å². The number of nitrogens with one attached hydrogen (secondary N) is 1. The maximum absolute atomic E-state index is 12.5. The molecule has 1 atom stereocenters. The molecular formula is C13H16F3N. The van der Waals surface area contributed by atoms with Crippen LogP contribution < -0.4 is 5.32 Å². The van der Waals surface area contributed by atoms with Gasteiger partial charge in [-0.1, -0.05) is 24.6 Å². The molecule has 1 fully saturated rings. The second kappa shape index (κ2) is 5.08. The Morgan fingerprint density at radius 1 is 1.24 bits per heavy atom. The highest BCUT2D eigenvalue weighted by Crippen LogP contribution is 2.29. The Kier molecular flexibility index (Phi) is 3.72. The normalized spacial score (nSPS) is 21.5. The van der Waals surface area contributed by atoms with Crippen molar-refractivity contribution >= 4 is 0 Å². The first kappa shape index (κ1) is 12.4. The number of rotatable bonds is 2. The van der Waals surface area contributed by atoms with Gasteiger partial charge in [-0.3, -0.25) is 0 Å². The zero-order valence-electron chi connectivity index (χ0n) is 9.56. The van der Waals surface area contributed by atoms with Crippen LogP contribution in [0.5, 0.6) is 0 Å². The number of alkyl halides is 3. The first-order valence-electron chi connectivity index (χ1n) is 5.95. The molecule has 1 saturated heterocycles. The average molecular weight is 243 g/mol. The fourth-order valence-corrected chi connectivity index (χ4v) is 2.26. The maximum atomic E-state index is 12.5. The topological polar surface area (TPSA) is 12.0 Å². The quantitative estimate of drug-likeness (QED) is 0.839. The monoisotopic (exact) mass is 243 g/mol. The van der Waals surface area contributed by atoms with Crippen molar-refractivity contribution in [3.63, 3.8) is 0 Å². The number of halogens is 3. The molecule has 0 spiro atoms. The van der Waals surface area contributed by atoms with Gasteiger partial charge in [0.05, 0.1) is 5.56 Å². The predicted octanol–water partition coefficient (Wildman–Crippen LogP) is 3.39. The summed E-state index contributed by atoms with van der Waals surface area (Å²) in [6.45, 7) is 0.976. The summed E-state index contributed by atoms with van der Waals surface area (Å²) in [4.78, 5) is 0. The molecule has 1 nitrogen and oxygen atoms in total. The molecular weight excluding hydrogens is 227 g/mol. The minimum absolute atomic E-state index is 0.326. The molecule has 1 aliphatic heterocycles. The van der Waals surface area contributed by atoms with Crippen LogP contribution in [0.25, 0.3) is 0 Å². The summed E-state index contributed by atoms with van der Waals surface area (Å²) in [5, 5.41) is 3.34. The molecule has 1 aliphatic rings. The lowest BCUT2D eigenvalue weighted by Gasteiger charge is -2.23. The third kappa shape index (κ3) is 3.46. The highest BCUT2D eigenvalue weighted by atomic mass is 19.4. The zero-order chi connectivity index (χ0) is 12.3. The van der Waals surface area contributed by atoms with E-state index in [1.54, 1.807) is 6.07 Å². The fourth-order valence-electron chi connectivity index (χ4n) is 2.26. The second-order valence-corrected chi connectivity index (χ2v) is 4.55. The van der Waals surface area contributed by atoms with Crippen LogP contribution in [-0.2, 0) is 12.6 Å². The number of piperidine rings is 1. The van der Waals surface area contributed by atoms with Gasteiger partial charge in [-0.15, -0.1) is 0 Å². The van der Waals surface area contributed by atoms with Crippen molar-refractivity contribution in [2.75, 3.05) is 6.54 Å². The molecule has 1 aromatic rings. The third-order valence-corrected chi connectivity index (χ3v) is 3.15. The Labute approximate surface area is 99.0 Å². The van der Waals surface area contributed by atoms with Crippen molar-refractivity contribution in [1.29, 1.82) is 0 Å². The molecule has 0 aromatic heterocycles. The van der Waals surface area contributed by atoms with Crippen LogP contribution in [0.15, 0.2) is 24.3 Å². The van der Waals surface area contributed by atoms with E-state index in [1.807, 2.05) is 0 Å². The molecule has 0 saturated carbocycles. The van der Waals surface area contributed by atoms with E-state index in [0.717, 1.165) is 31.0 Å². The highest BCUT2D eigenvalue weighted by molar-refractivity contribution is 5.26. The van der Waals surface area contributed by atoms with Gasteiger partial charge in [0, 0.05) is 6.04 Å². The van der Waals surface area contributed by atoms with E-state index >= 15 is 0 Å². The van der Waals surface area contributed by atoms with Crippen molar-refractivity contribution in [1.82, 2.24) is 5.32 Å². The van der Waals surface area contributed by atoms with Crippen molar-refractivity contribution in [2.24, 2.45) is 0 Å². The summed E-state index contributed by atoms with van der Waals surface area (Å²) < 4.78 is 37.6. The largest absolute Gasteiger partial charge is 0.416 e. The van der Waals surface area contributed by atoms with Crippen molar-refractivity contribution < 1.29 is 13.2 Å². The summed E-state index contributed by atoms with van der Waals surface area (Å²) in [7, 11) is 0. The fraction of sp³-hybridized carbons (Fsp3) is 0.538. The second-order valence-electron chi connectivity index (χ2n) is 4.55. The summed E-state index contributed by atoms with van der Waals surface area (Å²) in [6, 6.07) is 5.97. The van der Waals surface area contributed by atoms with E-state index < -0.39 is 11.7 Å². The Morgan fingerprint density at radius 2 is 2.06 bits per heavy atom. The maximum Gasteiger partial charge on any atom is 0.416 e. The van der Waals surface area contributed by atoms with Crippen LogP contribution >= 0.6 is 0 Å². The molecule has 0 amide bonds. The SMILES string of the molecule is FC(F)(F)c1cccc(CC2CCCCN2)c1. The van der Waals surface area contributed by atoms with Gasteiger partial charge in [0.2, 0.25) is 0 Å². The number of hydrogen-bond acceptors (Lipinski definition) is 1. The Balaban J connectivity index is 2.05. The average Bonchev–Trinajstić information content (AvgIpc) is 2.29. The summed E-state index contributed by atoms with van der Waals surface area (Å²) >= 11 is 0. The minimum Gasteiger partial charge on any atom is -0.314 e. The van der Waals surface area contributed by atoms with Gasteiger partial charge in [0.15, 0.2) is 0 Å². The van der Waals surface area contributed by atoms with Gasteiger partial charge < -0.3 is 5.32 Å². The lowest BCUT2D eigenvalue weighted by Crippen LogP contribution is -2.35. The van der Waals surface area contributed by atoms with Crippen LogP contribution in [0.1, 0.15) is 30.4 Å². The van der Waals surface area contributed by atoms with Crippen LogP contribution in [-0.4, -0.2) is 12.6 Å². The molecule has 0 aliphatic carbocycles. The lowest BCUT2D eigenvalue weighted by molar-refractivity contribution is -0.137. The summed E-state index contributed by atoms with van der Waals surface area (Å²) in [5.74, 6) is 0. The molecule has 4 heteroatoms. The third-order valence-electron chi connectivity index (χ3n) is 3.15. The van der Waals surface area contributed by atoms with Gasteiger partial charge in [-0.25, -0.2) is 0 Å². The molecule has 17 heavy (non-hydrogen) atoms. The highest BCUT2D eigenvalue weighted by Gasteiger charge is 2.30. The summed E-state index contributed by atoms with van der Waals surface area (Å²) in [6.07, 6.45) is -0.175. The minimum atomic E-state index is -4.24. The Bertz CT molecular complexity index is 367. The molecule has 2 rings (SSSR count). The van der Waals surface area contributed by atoms with Crippen LogP contribution in [0.2, 0.25) is 0 Å². The van der Waals surface area contributed by atoms with Crippen LogP contribution in [0.4, 0.5) is 13.2 Å². The van der Waals surface area contributed by atoms with Gasteiger partial charge in [0.25, 0.3) is 0 Å². The predicted molar refractivity (Wildman–Crippen MR) is 60.8 cm³/mol. The molecule has 1 aromatic carbocycles. The van der Waals surface area contributed by atoms with Gasteiger partial charge >= 0.3 is 6.18 Å². The van der Waals surface area contributed by atoms with E-state index in [9.17, 15) is 13.2 Å². The molecule has 1 unspecified atom stereocenters. The Hall–Kier alpha value is -1.03. The summed E-state index contributed by atoms with van der Waals surface area (Å²) in [5.41, 5.74) is 0.213. The Morgan fingerprint density at radius 3 is 2.71 bits per heavy atom. The number of hydrogen-bond donors (Lipinski definition) is 1. The van der Waals surface area contributed by atoms with Crippen LogP contribution in [0.3, 0.4) is 0 Å². The number of benzene rings is 1. The molecule has 94 valence electrons. The van der Waals surface area contributed by atoms with Gasteiger partial charge in [0.1, 0.15) is 0 Å². The first-order chi connectivity index (χ1) is 8.05. The molecule has 1 N–H and O–H groups in total. The van der Waals surface area contributed by atoms with Crippen molar-refractivity contribution in [3.8, 4) is 0 Å². The van der Waals surface area contributed by atoms with Crippen molar-refractivity contribution in [3.05, 3.63) is 35.4 Å². The van der Waals surface area contributed by atoms with E-state index in [2.05, 4.69) is 5.32 Å². The van der Waals surface area contributed by atoms with E-state index in [4.69, 9.17) is 0 Å². The van der Waals surface area contributed by atoms with Gasteiger partial charge in [-0.05, 0) is 37.4 Å². The standard InChI is InChI=1S/C13H16F3N/c14-13(15,16)11-5-3-4-10(8-11)9-12-6-1-2-7-17-12/h3-5,8,12,17H,1-2,6-7,9H2. The van der Waals surface area contributed by atoms with Crippen molar-refractivity contribution in [2.45, 2.75) is 37.9 Å². The first-order valence-corrected chi connectivity index (χ1v) is 5.95. The van der Waals surface area contributed by atoms with E-state index in [-0.39, 0.29) is 0 Å². The molecule has 0 radical (unpaired) electrons. The zero-order valence-corrected chi connectivity index (χ0v) is 9.56. The molecule has 1 heterocycles. The smallest absolute Gasteiger partial charge is 0.314 e. The molecule has 0 bridgehead atoms. The van der Waals surface area contributed by atoms with Gasteiger partial charge in [-0.2, -0.15) is 13.2 Å². The van der Waals surface area contributed by atoms with E-state index in [0.29, 0.717) is 12.5 Å². The lowest BCUT2D eigenvalue weighted by atomic mass is 9.97. The van der Waals surface area contributed by atoms with E-state index in [1.165, 1.54) is 18.6 Å².